The van der Waals surface area contributed by atoms with E-state index in [9.17, 15) is 10.5 Å². The molecule has 0 radical (unpaired) electrons. The molecule has 0 unspecified atom stereocenters. The van der Waals surface area contributed by atoms with Crippen LogP contribution in [0.15, 0.2) is 170 Å². The van der Waals surface area contributed by atoms with Crippen molar-refractivity contribution in [2.45, 2.75) is 0 Å². The Balaban J connectivity index is 1.49. The summed E-state index contributed by atoms with van der Waals surface area (Å²) in [4.78, 5) is 3.70. The first-order valence-electron chi connectivity index (χ1n) is 16.3. The van der Waals surface area contributed by atoms with Gasteiger partial charge in [0.2, 0.25) is 0 Å². The number of rotatable bonds is 6. The molecule has 1 heterocycles. The minimum Gasteiger partial charge on any atom is -0.309 e. The zero-order chi connectivity index (χ0) is 34.1. The molecule has 8 aromatic rings. The molecule has 1 aromatic heterocycles. The van der Waals surface area contributed by atoms with E-state index in [1.54, 1.807) is 0 Å². The molecule has 0 atom stereocenters. The zero-order valence-corrected chi connectivity index (χ0v) is 28.0. The smallest absolute Gasteiger partial charge is 0.188 e. The van der Waals surface area contributed by atoms with Crippen molar-refractivity contribution in [2.75, 3.05) is 0 Å². The van der Waals surface area contributed by atoms with E-state index in [0.717, 1.165) is 43.8 Å². The monoisotopic (exact) mass is 652 g/mol. The van der Waals surface area contributed by atoms with Crippen molar-refractivity contribution in [3.8, 4) is 29.0 Å². The molecule has 0 aliphatic heterocycles. The van der Waals surface area contributed by atoms with Crippen LogP contribution >= 0.6 is 0 Å². The third kappa shape index (κ3) is 4.72. The van der Waals surface area contributed by atoms with E-state index < -0.39 is 8.07 Å². The van der Waals surface area contributed by atoms with Gasteiger partial charge in [-0.15, -0.1) is 0 Å². The largest absolute Gasteiger partial charge is 0.309 e. The highest BCUT2D eigenvalue weighted by molar-refractivity contribution is 7.20. The molecule has 0 N–H and O–H groups in total. The van der Waals surface area contributed by atoms with Crippen LogP contribution in [0.25, 0.3) is 43.5 Å². The topological polar surface area (TPSA) is 56.9 Å². The summed E-state index contributed by atoms with van der Waals surface area (Å²) in [5, 5.41) is 27.9. The predicted molar refractivity (Wildman–Crippen MR) is 206 cm³/mol. The lowest BCUT2D eigenvalue weighted by atomic mass is 9.96. The van der Waals surface area contributed by atoms with Gasteiger partial charge in [0.05, 0.1) is 46.6 Å². The summed E-state index contributed by atoms with van der Waals surface area (Å²) in [5.74, 6) is 0. The number of benzene rings is 7. The minimum absolute atomic E-state index is 0.506. The van der Waals surface area contributed by atoms with Crippen LogP contribution in [-0.4, -0.2) is 12.6 Å². The number of nitriles is 2. The molecular weight excluding hydrogens is 625 g/mol. The van der Waals surface area contributed by atoms with Crippen LogP contribution in [0.3, 0.4) is 0 Å². The van der Waals surface area contributed by atoms with Gasteiger partial charge in [-0.3, -0.25) is 0 Å². The maximum absolute atomic E-state index is 11.3. The van der Waals surface area contributed by atoms with Crippen molar-refractivity contribution in [1.82, 2.24) is 4.57 Å². The second kappa shape index (κ2) is 12.6. The van der Waals surface area contributed by atoms with Crippen molar-refractivity contribution in [1.29, 1.82) is 10.5 Å². The zero-order valence-electron chi connectivity index (χ0n) is 27.0. The number of hydrogen-bond donors (Lipinski definition) is 0. The van der Waals surface area contributed by atoms with Crippen LogP contribution < -0.4 is 20.7 Å². The van der Waals surface area contributed by atoms with Crippen LogP contribution in [0, 0.1) is 29.2 Å². The molecule has 0 amide bonds. The van der Waals surface area contributed by atoms with E-state index in [2.05, 4.69) is 119 Å². The molecule has 8 rings (SSSR count). The molecule has 0 spiro atoms. The number of fused-ring (bicyclic) bond motifs is 3. The Labute approximate surface area is 291 Å². The first kappa shape index (κ1) is 30.4. The van der Waals surface area contributed by atoms with Crippen LogP contribution in [0.4, 0.5) is 5.69 Å². The molecule has 0 saturated carbocycles. The van der Waals surface area contributed by atoms with Crippen LogP contribution in [0.5, 0.6) is 0 Å². The van der Waals surface area contributed by atoms with E-state index in [-0.39, 0.29) is 0 Å². The minimum atomic E-state index is -3.06. The molecule has 0 aliphatic rings. The molecule has 232 valence electrons. The molecule has 0 bridgehead atoms. The highest BCUT2D eigenvalue weighted by atomic mass is 28.3. The first-order valence-corrected chi connectivity index (χ1v) is 18.3. The van der Waals surface area contributed by atoms with Gasteiger partial charge in [0, 0.05) is 16.5 Å². The summed E-state index contributed by atoms with van der Waals surface area (Å²) in [7, 11) is -3.06. The van der Waals surface area contributed by atoms with Gasteiger partial charge >= 0.3 is 0 Å². The molecule has 0 aliphatic carbocycles. The lowest BCUT2D eigenvalue weighted by Gasteiger charge is -2.35. The maximum Gasteiger partial charge on any atom is 0.188 e. The standard InChI is InChI=1S/C45H28N4Si/c1-48-33-25-27-44-40(29-33)38-20-11-12-22-42(38)49(44)43-26-24-32(30-46)28-39(43)37-21-13-23-45(41(37)31-47)50(34-14-5-2-6-15-34,35-16-7-3-8-17-35)36-18-9-4-10-19-36/h2-29H. The summed E-state index contributed by atoms with van der Waals surface area (Å²) >= 11 is 0. The predicted octanol–water partition coefficient (Wildman–Crippen LogP) is 8.12. The average Bonchev–Trinajstić information content (AvgIpc) is 3.52. The van der Waals surface area contributed by atoms with Gasteiger partial charge in [-0.25, -0.2) is 4.85 Å². The molecule has 50 heavy (non-hydrogen) atoms. The van der Waals surface area contributed by atoms with Gasteiger partial charge in [-0.05, 0) is 62.5 Å². The Hall–Kier alpha value is -6.97. The van der Waals surface area contributed by atoms with E-state index in [1.165, 1.54) is 15.6 Å². The van der Waals surface area contributed by atoms with E-state index in [0.29, 0.717) is 16.8 Å². The van der Waals surface area contributed by atoms with Gasteiger partial charge in [-0.2, -0.15) is 10.5 Å². The van der Waals surface area contributed by atoms with Gasteiger partial charge in [0.1, 0.15) is 0 Å². The number of nitrogens with zero attached hydrogens (tertiary/aromatic N) is 4. The van der Waals surface area contributed by atoms with Crippen molar-refractivity contribution in [2.24, 2.45) is 0 Å². The van der Waals surface area contributed by atoms with Gasteiger partial charge < -0.3 is 4.57 Å². The summed E-state index contributed by atoms with van der Waals surface area (Å²) in [6, 6.07) is 62.6. The molecule has 0 fully saturated rings. The Morgan fingerprint density at radius 1 is 0.520 bits per heavy atom. The normalized spacial score (nSPS) is 11.1. The van der Waals surface area contributed by atoms with Gasteiger partial charge in [-0.1, -0.05) is 133 Å². The van der Waals surface area contributed by atoms with Crippen molar-refractivity contribution in [3.05, 3.63) is 192 Å². The third-order valence-electron chi connectivity index (χ3n) is 9.64. The number of hydrogen-bond acceptors (Lipinski definition) is 2. The van der Waals surface area contributed by atoms with Crippen molar-refractivity contribution < 1.29 is 0 Å². The highest BCUT2D eigenvalue weighted by Gasteiger charge is 2.43. The number of para-hydroxylation sites is 1. The van der Waals surface area contributed by atoms with E-state index >= 15 is 0 Å². The fraction of sp³-hybridized carbons (Fsp3) is 0. The Morgan fingerprint density at radius 2 is 1.12 bits per heavy atom. The van der Waals surface area contributed by atoms with E-state index in [4.69, 9.17) is 6.57 Å². The molecular formula is C45H28N4Si. The molecule has 7 aromatic carbocycles. The fourth-order valence-corrected chi connectivity index (χ4v) is 12.5. The SMILES string of the molecule is [C-]#[N+]c1ccc2c(c1)c1ccccc1n2-c1ccc(C#N)cc1-c1cccc([Si](c2ccccc2)(c2ccccc2)c2ccccc2)c1C#N. The van der Waals surface area contributed by atoms with Crippen molar-refractivity contribution >= 4 is 56.3 Å². The summed E-state index contributed by atoms with van der Waals surface area (Å²) in [6.45, 7) is 7.65. The fourth-order valence-electron chi connectivity index (χ4n) is 7.55. The van der Waals surface area contributed by atoms with Crippen LogP contribution in [-0.2, 0) is 0 Å². The first-order chi connectivity index (χ1) is 24.7. The van der Waals surface area contributed by atoms with Crippen molar-refractivity contribution in [3.63, 3.8) is 0 Å². The summed E-state index contributed by atoms with van der Waals surface area (Å²) in [6.07, 6.45) is 0. The second-order valence-electron chi connectivity index (χ2n) is 12.2. The number of aromatic nitrogens is 1. The van der Waals surface area contributed by atoms with Crippen LogP contribution in [0.1, 0.15) is 11.1 Å². The lowest BCUT2D eigenvalue weighted by molar-refractivity contribution is 1.18. The van der Waals surface area contributed by atoms with E-state index in [1.807, 2.05) is 72.8 Å². The summed E-state index contributed by atoms with van der Waals surface area (Å²) in [5.41, 5.74) is 5.99. The van der Waals surface area contributed by atoms with Crippen LogP contribution in [0.2, 0.25) is 0 Å². The lowest BCUT2D eigenvalue weighted by Crippen LogP contribution is -2.75. The third-order valence-corrected chi connectivity index (χ3v) is 14.5. The quantitative estimate of drug-likeness (QED) is 0.104. The van der Waals surface area contributed by atoms with Gasteiger partial charge in [0.25, 0.3) is 0 Å². The highest BCUT2D eigenvalue weighted by Crippen LogP contribution is 2.38. The molecule has 0 saturated heterocycles. The average molecular weight is 653 g/mol. The maximum atomic E-state index is 11.3. The second-order valence-corrected chi connectivity index (χ2v) is 16.0. The molecule has 4 nitrogen and oxygen atoms in total. The Kier molecular flexibility index (Phi) is 7.63. The Bertz CT molecular complexity index is 2580. The van der Waals surface area contributed by atoms with Gasteiger partial charge in [0.15, 0.2) is 13.8 Å². The Morgan fingerprint density at radius 3 is 1.72 bits per heavy atom. The summed E-state index contributed by atoms with van der Waals surface area (Å²) < 4.78 is 2.19. The molecule has 5 heteroatoms.